The van der Waals surface area contributed by atoms with Crippen molar-refractivity contribution in [1.29, 1.82) is 5.26 Å². The molecule has 0 aliphatic rings. The molecule has 0 N–H and O–H groups in total. The summed E-state index contributed by atoms with van der Waals surface area (Å²) in [5.41, 5.74) is 9.77. The molecular weight excluding hydrogens is 599 g/mol. The van der Waals surface area contributed by atoms with E-state index < -0.39 is 0 Å². The van der Waals surface area contributed by atoms with Gasteiger partial charge in [-0.25, -0.2) is 4.85 Å². The van der Waals surface area contributed by atoms with Crippen molar-refractivity contribution in [2.75, 3.05) is 0 Å². The van der Waals surface area contributed by atoms with Crippen molar-refractivity contribution in [2.24, 2.45) is 0 Å². The molecule has 7 aromatic carbocycles. The maximum absolute atomic E-state index is 10.5. The second-order valence-corrected chi connectivity index (χ2v) is 12.3. The van der Waals surface area contributed by atoms with E-state index in [1.165, 1.54) is 10.8 Å². The zero-order valence-corrected chi connectivity index (χ0v) is 26.2. The Morgan fingerprint density at radius 3 is 1.45 bits per heavy atom. The van der Waals surface area contributed by atoms with E-state index in [1.807, 2.05) is 36.4 Å². The summed E-state index contributed by atoms with van der Waals surface area (Å²) < 4.78 is 6.72. The van der Waals surface area contributed by atoms with Gasteiger partial charge >= 0.3 is 0 Å². The van der Waals surface area contributed by atoms with Crippen LogP contribution in [0, 0.1) is 17.9 Å². The SMILES string of the molecule is [C-]#[N+]c1cc(C#N)c(-n2c3ccccc3c3ccccc32)cc1-n1c2ccccc2c2c3c4ccccc4n(-c4ccccc4)c3ccc21. The van der Waals surface area contributed by atoms with E-state index in [2.05, 4.69) is 134 Å². The summed E-state index contributed by atoms with van der Waals surface area (Å²) in [5.74, 6) is 0. The zero-order valence-electron chi connectivity index (χ0n) is 26.2. The predicted molar refractivity (Wildman–Crippen MR) is 200 cm³/mol. The zero-order chi connectivity index (χ0) is 32.6. The smallest absolute Gasteiger partial charge is 0.212 e. The maximum Gasteiger partial charge on any atom is 0.212 e. The maximum atomic E-state index is 10.5. The lowest BCUT2D eigenvalue weighted by atomic mass is 10.1. The number of hydrogen-bond acceptors (Lipinski definition) is 1. The molecule has 0 unspecified atom stereocenters. The molecule has 10 rings (SSSR count). The molecule has 0 radical (unpaired) electrons. The first kappa shape index (κ1) is 27.1. The monoisotopic (exact) mass is 623 g/mol. The van der Waals surface area contributed by atoms with Crippen molar-refractivity contribution >= 4 is 71.1 Å². The molecule has 5 nitrogen and oxygen atoms in total. The lowest BCUT2D eigenvalue weighted by Gasteiger charge is -2.16. The minimum Gasteiger partial charge on any atom is -0.319 e. The van der Waals surface area contributed by atoms with Crippen LogP contribution in [0.25, 0.3) is 87.3 Å². The van der Waals surface area contributed by atoms with Crippen LogP contribution in [-0.4, -0.2) is 13.7 Å². The summed E-state index contributed by atoms with van der Waals surface area (Å²) >= 11 is 0. The average Bonchev–Trinajstić information content (AvgIpc) is 3.80. The van der Waals surface area contributed by atoms with Crippen LogP contribution in [0.1, 0.15) is 5.56 Å². The van der Waals surface area contributed by atoms with Gasteiger partial charge in [-0.1, -0.05) is 91.0 Å². The van der Waals surface area contributed by atoms with Gasteiger partial charge in [0.1, 0.15) is 0 Å². The Balaban J connectivity index is 1.36. The van der Waals surface area contributed by atoms with Crippen LogP contribution in [-0.2, 0) is 0 Å². The third-order valence-corrected chi connectivity index (χ3v) is 9.88. The van der Waals surface area contributed by atoms with Crippen molar-refractivity contribution in [2.45, 2.75) is 0 Å². The normalized spacial score (nSPS) is 11.6. The minimum absolute atomic E-state index is 0.426. The fraction of sp³-hybridized carbons (Fsp3) is 0. The van der Waals surface area contributed by atoms with Crippen molar-refractivity contribution in [3.05, 3.63) is 169 Å². The van der Waals surface area contributed by atoms with Gasteiger partial charge in [0, 0.05) is 38.0 Å². The third kappa shape index (κ3) is 3.67. The molecule has 3 heterocycles. The van der Waals surface area contributed by atoms with Gasteiger partial charge in [0.15, 0.2) is 0 Å². The van der Waals surface area contributed by atoms with Crippen molar-refractivity contribution in [1.82, 2.24) is 13.7 Å². The molecule has 10 aromatic rings. The molecule has 0 saturated carbocycles. The molecule has 226 valence electrons. The molecule has 0 fully saturated rings. The summed E-state index contributed by atoms with van der Waals surface area (Å²) in [6.45, 7) is 8.31. The summed E-state index contributed by atoms with van der Waals surface area (Å²) in [5, 5.41) is 17.3. The summed E-state index contributed by atoms with van der Waals surface area (Å²) in [7, 11) is 0. The van der Waals surface area contributed by atoms with E-state index in [-0.39, 0.29) is 0 Å². The van der Waals surface area contributed by atoms with Gasteiger partial charge in [-0.15, -0.1) is 0 Å². The van der Waals surface area contributed by atoms with Crippen molar-refractivity contribution in [3.63, 3.8) is 0 Å². The number of rotatable bonds is 3. The molecule has 0 aliphatic carbocycles. The van der Waals surface area contributed by atoms with Crippen LogP contribution < -0.4 is 0 Å². The fourth-order valence-corrected chi connectivity index (χ4v) is 7.92. The van der Waals surface area contributed by atoms with Crippen LogP contribution in [0.4, 0.5) is 5.69 Å². The number of nitrogens with zero attached hydrogens (tertiary/aromatic N) is 5. The Kier molecular flexibility index (Phi) is 5.64. The summed E-state index contributed by atoms with van der Waals surface area (Å²) in [4.78, 5) is 4.02. The molecule has 0 atom stereocenters. The van der Waals surface area contributed by atoms with Gasteiger partial charge in [-0.2, -0.15) is 5.26 Å². The molecular formula is C44H25N5. The molecule has 3 aromatic heterocycles. The van der Waals surface area contributed by atoms with E-state index in [4.69, 9.17) is 6.57 Å². The van der Waals surface area contributed by atoms with E-state index in [9.17, 15) is 5.26 Å². The molecule has 0 aliphatic heterocycles. The fourth-order valence-electron chi connectivity index (χ4n) is 7.92. The number of nitriles is 1. The lowest BCUT2D eigenvalue weighted by Crippen LogP contribution is -2.02. The van der Waals surface area contributed by atoms with Gasteiger partial charge in [0.2, 0.25) is 5.69 Å². The quantitative estimate of drug-likeness (QED) is 0.181. The first-order valence-corrected chi connectivity index (χ1v) is 16.2. The Hall–Kier alpha value is -7.08. The largest absolute Gasteiger partial charge is 0.319 e. The topological polar surface area (TPSA) is 42.9 Å². The highest BCUT2D eigenvalue weighted by atomic mass is 15.0. The highest BCUT2D eigenvalue weighted by Gasteiger charge is 2.23. The highest BCUT2D eigenvalue weighted by Crippen LogP contribution is 2.44. The highest BCUT2D eigenvalue weighted by molar-refractivity contribution is 6.29. The Morgan fingerprint density at radius 2 is 0.898 bits per heavy atom. The predicted octanol–water partition coefficient (Wildman–Crippen LogP) is 11.4. The van der Waals surface area contributed by atoms with Crippen LogP contribution in [0.15, 0.2) is 152 Å². The summed E-state index contributed by atoms with van der Waals surface area (Å²) in [6.07, 6.45) is 0. The third-order valence-electron chi connectivity index (χ3n) is 9.88. The van der Waals surface area contributed by atoms with Crippen LogP contribution in [0.3, 0.4) is 0 Å². The average molecular weight is 624 g/mol. The van der Waals surface area contributed by atoms with Crippen molar-refractivity contribution in [3.8, 4) is 23.1 Å². The number of benzene rings is 7. The number of fused-ring (bicyclic) bond motifs is 10. The van der Waals surface area contributed by atoms with E-state index in [1.54, 1.807) is 6.07 Å². The Morgan fingerprint density at radius 1 is 0.449 bits per heavy atom. The first-order chi connectivity index (χ1) is 24.3. The van der Waals surface area contributed by atoms with Crippen molar-refractivity contribution < 1.29 is 0 Å². The van der Waals surface area contributed by atoms with Gasteiger partial charge < -0.3 is 13.7 Å². The Bertz CT molecular complexity index is 3020. The molecule has 0 bridgehead atoms. The van der Waals surface area contributed by atoms with Crippen LogP contribution in [0.2, 0.25) is 0 Å². The van der Waals surface area contributed by atoms with Gasteiger partial charge in [0.25, 0.3) is 0 Å². The van der Waals surface area contributed by atoms with E-state index in [0.29, 0.717) is 11.3 Å². The lowest BCUT2D eigenvalue weighted by molar-refractivity contribution is 1.13. The van der Waals surface area contributed by atoms with Crippen LogP contribution >= 0.6 is 0 Å². The molecule has 0 spiro atoms. The molecule has 49 heavy (non-hydrogen) atoms. The number of para-hydroxylation sites is 5. The Labute approximate surface area is 281 Å². The van der Waals surface area contributed by atoms with Gasteiger partial charge in [0.05, 0.1) is 62.7 Å². The molecule has 0 saturated heterocycles. The minimum atomic E-state index is 0.426. The summed E-state index contributed by atoms with van der Waals surface area (Å²) in [6, 6.07) is 54.7. The number of aromatic nitrogens is 3. The van der Waals surface area contributed by atoms with E-state index in [0.717, 1.165) is 71.7 Å². The van der Waals surface area contributed by atoms with Gasteiger partial charge in [-0.05, 0) is 60.7 Å². The molecule has 0 amide bonds. The van der Waals surface area contributed by atoms with E-state index >= 15 is 0 Å². The number of hydrogen-bond donors (Lipinski definition) is 0. The standard InChI is InChI=1S/C44H25N5/c1-46-34-25-28(27-45)41(48-35-19-9-5-15-30(35)31-16-6-10-20-36(31)48)26-42(34)49-38-22-12-8-18-33(38)44-40(49)24-23-39-43(44)32-17-7-11-21-37(32)47(39)29-13-3-2-4-14-29/h2-26H. The first-order valence-electron chi connectivity index (χ1n) is 16.2. The second-order valence-electron chi connectivity index (χ2n) is 12.3. The second kappa shape index (κ2) is 10.2. The van der Waals surface area contributed by atoms with Crippen LogP contribution in [0.5, 0.6) is 0 Å². The van der Waals surface area contributed by atoms with Gasteiger partial charge in [-0.3, -0.25) is 0 Å². The molecule has 5 heteroatoms.